The number of rotatable bonds is 6. The highest BCUT2D eigenvalue weighted by Crippen LogP contribution is 2.23. The Balaban J connectivity index is 1.83. The normalized spacial score (nSPS) is 15.7. The average molecular weight is 326 g/mol. The van der Waals surface area contributed by atoms with Crippen LogP contribution in [0.1, 0.15) is 36.5 Å². The second kappa shape index (κ2) is 7.06. The summed E-state index contributed by atoms with van der Waals surface area (Å²) in [7, 11) is 0. The van der Waals surface area contributed by atoms with Crippen LogP contribution in [0.2, 0.25) is 0 Å². The lowest BCUT2D eigenvalue weighted by Gasteiger charge is -2.15. The molecule has 0 aromatic heterocycles. The van der Waals surface area contributed by atoms with Crippen molar-refractivity contribution < 1.29 is 9.53 Å². The number of hydrogen-bond acceptors (Lipinski definition) is 3. The predicted molar refractivity (Wildman–Crippen MR) is 79.9 cm³/mol. The number of Topliss-reactive ketones (excluding diaryl/α,β-unsaturated/α-hetero) is 1. The number of carbonyl (C=O) groups is 1. The van der Waals surface area contributed by atoms with E-state index < -0.39 is 0 Å². The van der Waals surface area contributed by atoms with Crippen molar-refractivity contribution in [3.05, 3.63) is 28.2 Å². The van der Waals surface area contributed by atoms with Crippen molar-refractivity contribution in [3.63, 3.8) is 0 Å². The Morgan fingerprint density at radius 3 is 2.79 bits per heavy atom. The van der Waals surface area contributed by atoms with Crippen molar-refractivity contribution >= 4 is 21.7 Å². The maximum absolute atomic E-state index is 11.6. The van der Waals surface area contributed by atoms with Gasteiger partial charge in [-0.05, 0) is 57.5 Å². The fraction of sp³-hybridized carbons (Fsp3) is 0.533. The SMILES string of the molecule is CC(=O)c1cc(Br)ccc1OCCCN1CCCC1. The van der Waals surface area contributed by atoms with E-state index in [-0.39, 0.29) is 5.78 Å². The highest BCUT2D eigenvalue weighted by Gasteiger charge is 2.12. The van der Waals surface area contributed by atoms with Crippen LogP contribution in [0.4, 0.5) is 0 Å². The Bertz CT molecular complexity index is 442. The third-order valence-electron chi connectivity index (χ3n) is 3.40. The summed E-state index contributed by atoms with van der Waals surface area (Å²) in [6.07, 6.45) is 3.65. The molecule has 104 valence electrons. The molecule has 0 N–H and O–H groups in total. The molecule has 1 aliphatic heterocycles. The molecule has 0 aliphatic carbocycles. The molecule has 1 aromatic carbocycles. The zero-order valence-corrected chi connectivity index (χ0v) is 12.9. The highest BCUT2D eigenvalue weighted by atomic mass is 79.9. The summed E-state index contributed by atoms with van der Waals surface area (Å²) in [4.78, 5) is 14.0. The third-order valence-corrected chi connectivity index (χ3v) is 3.89. The van der Waals surface area contributed by atoms with Gasteiger partial charge in [-0.25, -0.2) is 0 Å². The number of ether oxygens (including phenoxy) is 1. The molecule has 0 radical (unpaired) electrons. The first-order valence-electron chi connectivity index (χ1n) is 6.82. The molecule has 0 spiro atoms. The minimum absolute atomic E-state index is 0.0378. The number of nitrogens with zero attached hydrogens (tertiary/aromatic N) is 1. The Hall–Kier alpha value is -0.870. The van der Waals surface area contributed by atoms with E-state index in [0.717, 1.165) is 17.4 Å². The summed E-state index contributed by atoms with van der Waals surface area (Å²) < 4.78 is 6.65. The minimum atomic E-state index is 0.0378. The van der Waals surface area contributed by atoms with Gasteiger partial charge in [0, 0.05) is 11.0 Å². The zero-order valence-electron chi connectivity index (χ0n) is 11.3. The molecule has 4 heteroatoms. The number of ketones is 1. The molecular formula is C15H20BrNO2. The molecule has 0 bridgehead atoms. The standard InChI is InChI=1S/C15H20BrNO2/c1-12(18)14-11-13(16)5-6-15(14)19-10-4-9-17-7-2-3-8-17/h5-6,11H,2-4,7-10H2,1H3. The molecule has 0 amide bonds. The van der Waals surface area contributed by atoms with Gasteiger partial charge in [-0.3, -0.25) is 4.79 Å². The van der Waals surface area contributed by atoms with Crippen molar-refractivity contribution in [2.75, 3.05) is 26.2 Å². The molecule has 3 nitrogen and oxygen atoms in total. The van der Waals surface area contributed by atoms with Gasteiger partial charge in [-0.1, -0.05) is 15.9 Å². The van der Waals surface area contributed by atoms with E-state index in [1.807, 2.05) is 18.2 Å². The molecule has 1 fully saturated rings. The van der Waals surface area contributed by atoms with E-state index in [4.69, 9.17) is 4.74 Å². The summed E-state index contributed by atoms with van der Waals surface area (Å²) in [5, 5.41) is 0. The largest absolute Gasteiger partial charge is 0.493 e. The monoisotopic (exact) mass is 325 g/mol. The van der Waals surface area contributed by atoms with E-state index in [1.165, 1.54) is 25.9 Å². The molecule has 1 aromatic rings. The van der Waals surface area contributed by atoms with Crippen LogP contribution in [0.25, 0.3) is 0 Å². The topological polar surface area (TPSA) is 29.5 Å². The predicted octanol–water partition coefficient (Wildman–Crippen LogP) is 3.52. The van der Waals surface area contributed by atoms with Crippen LogP contribution in [0, 0.1) is 0 Å². The highest BCUT2D eigenvalue weighted by molar-refractivity contribution is 9.10. The van der Waals surface area contributed by atoms with Gasteiger partial charge in [-0.2, -0.15) is 0 Å². The molecule has 0 unspecified atom stereocenters. The van der Waals surface area contributed by atoms with E-state index in [0.29, 0.717) is 17.9 Å². The lowest BCUT2D eigenvalue weighted by atomic mass is 10.1. The van der Waals surface area contributed by atoms with Gasteiger partial charge in [0.15, 0.2) is 5.78 Å². The third kappa shape index (κ3) is 4.32. The van der Waals surface area contributed by atoms with Crippen LogP contribution in [0.15, 0.2) is 22.7 Å². The van der Waals surface area contributed by atoms with Crippen LogP contribution in [-0.4, -0.2) is 36.9 Å². The molecule has 19 heavy (non-hydrogen) atoms. The van der Waals surface area contributed by atoms with Crippen molar-refractivity contribution in [3.8, 4) is 5.75 Å². The second-order valence-electron chi connectivity index (χ2n) is 4.95. The first kappa shape index (κ1) is 14.5. The van der Waals surface area contributed by atoms with Crippen molar-refractivity contribution in [2.24, 2.45) is 0 Å². The Morgan fingerprint density at radius 1 is 1.37 bits per heavy atom. The zero-order chi connectivity index (χ0) is 13.7. The van der Waals surface area contributed by atoms with Crippen molar-refractivity contribution in [1.82, 2.24) is 4.90 Å². The van der Waals surface area contributed by atoms with E-state index >= 15 is 0 Å². The number of carbonyl (C=O) groups excluding carboxylic acids is 1. The second-order valence-corrected chi connectivity index (χ2v) is 5.86. The van der Waals surface area contributed by atoms with Crippen LogP contribution in [0.5, 0.6) is 5.75 Å². The Kier molecular flexibility index (Phi) is 5.40. The van der Waals surface area contributed by atoms with Crippen LogP contribution < -0.4 is 4.74 Å². The van der Waals surface area contributed by atoms with E-state index in [9.17, 15) is 4.79 Å². The van der Waals surface area contributed by atoms with E-state index in [1.54, 1.807) is 6.92 Å². The van der Waals surface area contributed by atoms with Gasteiger partial charge in [0.2, 0.25) is 0 Å². The van der Waals surface area contributed by atoms with E-state index in [2.05, 4.69) is 20.8 Å². The number of hydrogen-bond donors (Lipinski definition) is 0. The number of halogens is 1. The quantitative estimate of drug-likeness (QED) is 0.592. The summed E-state index contributed by atoms with van der Waals surface area (Å²) in [6.45, 7) is 5.76. The first-order valence-corrected chi connectivity index (χ1v) is 7.62. The van der Waals surface area contributed by atoms with Crippen LogP contribution in [0.3, 0.4) is 0 Å². The number of likely N-dealkylation sites (tertiary alicyclic amines) is 1. The molecule has 1 saturated heterocycles. The summed E-state index contributed by atoms with van der Waals surface area (Å²) >= 11 is 3.38. The Labute approximate surface area is 123 Å². The number of benzene rings is 1. The van der Waals surface area contributed by atoms with Crippen molar-refractivity contribution in [2.45, 2.75) is 26.2 Å². The van der Waals surface area contributed by atoms with Gasteiger partial charge in [0.25, 0.3) is 0 Å². The molecule has 0 atom stereocenters. The molecule has 1 aliphatic rings. The molecular weight excluding hydrogens is 306 g/mol. The van der Waals surface area contributed by atoms with Crippen LogP contribution in [-0.2, 0) is 0 Å². The molecule has 2 rings (SSSR count). The summed E-state index contributed by atoms with van der Waals surface area (Å²) in [6, 6.07) is 5.58. The lowest BCUT2D eigenvalue weighted by molar-refractivity contribution is 0.101. The van der Waals surface area contributed by atoms with Gasteiger partial charge in [0.05, 0.1) is 12.2 Å². The van der Waals surface area contributed by atoms with Gasteiger partial charge < -0.3 is 9.64 Å². The van der Waals surface area contributed by atoms with Crippen molar-refractivity contribution in [1.29, 1.82) is 0 Å². The van der Waals surface area contributed by atoms with Gasteiger partial charge in [-0.15, -0.1) is 0 Å². The van der Waals surface area contributed by atoms with Crippen LogP contribution >= 0.6 is 15.9 Å². The van der Waals surface area contributed by atoms with Gasteiger partial charge >= 0.3 is 0 Å². The summed E-state index contributed by atoms with van der Waals surface area (Å²) in [5.74, 6) is 0.730. The smallest absolute Gasteiger partial charge is 0.163 e. The minimum Gasteiger partial charge on any atom is -0.493 e. The maximum Gasteiger partial charge on any atom is 0.163 e. The molecule has 0 saturated carbocycles. The lowest BCUT2D eigenvalue weighted by Crippen LogP contribution is -2.22. The average Bonchev–Trinajstić information content (AvgIpc) is 2.89. The van der Waals surface area contributed by atoms with Gasteiger partial charge in [0.1, 0.15) is 5.75 Å². The maximum atomic E-state index is 11.6. The first-order chi connectivity index (χ1) is 9.16. The Morgan fingerprint density at radius 2 is 2.11 bits per heavy atom. The summed E-state index contributed by atoms with van der Waals surface area (Å²) in [5.41, 5.74) is 0.649. The fourth-order valence-electron chi connectivity index (χ4n) is 2.38. The molecule has 1 heterocycles. The fourth-order valence-corrected chi connectivity index (χ4v) is 2.74.